The number of aromatic nitrogens is 3. The van der Waals surface area contributed by atoms with Gasteiger partial charge in [0.05, 0.1) is 12.1 Å². The van der Waals surface area contributed by atoms with Crippen LogP contribution in [0.3, 0.4) is 0 Å². The molecule has 0 saturated heterocycles. The molecule has 0 amide bonds. The first kappa shape index (κ1) is 10.8. The normalized spacial score (nSPS) is 10.4. The molecule has 0 atom stereocenters. The fourth-order valence-corrected chi connectivity index (χ4v) is 1.53. The Kier molecular flexibility index (Phi) is 3.01. The molecule has 0 N–H and O–H groups in total. The van der Waals surface area contributed by atoms with Crippen molar-refractivity contribution in [1.29, 1.82) is 0 Å². The summed E-state index contributed by atoms with van der Waals surface area (Å²) >= 11 is 5.87. The molecule has 0 aliphatic carbocycles. The van der Waals surface area contributed by atoms with E-state index in [-0.39, 0.29) is 12.2 Å². The Labute approximate surface area is 97.9 Å². The Balaban J connectivity index is 2.28. The second-order valence-corrected chi connectivity index (χ2v) is 3.90. The number of ketones is 1. The van der Waals surface area contributed by atoms with Gasteiger partial charge in [-0.05, 0) is 25.1 Å². The molecule has 0 unspecified atom stereocenters. The Hall–Kier alpha value is -1.68. The van der Waals surface area contributed by atoms with Gasteiger partial charge in [0.15, 0.2) is 5.82 Å². The molecule has 0 aliphatic heterocycles. The van der Waals surface area contributed by atoms with Gasteiger partial charge in [-0.15, -0.1) is 0 Å². The maximum Gasteiger partial charge on any atom is 0.158 e. The molecule has 0 radical (unpaired) electrons. The van der Waals surface area contributed by atoms with Crippen molar-refractivity contribution in [2.45, 2.75) is 13.3 Å². The van der Waals surface area contributed by atoms with Gasteiger partial charge in [0.2, 0.25) is 0 Å². The highest BCUT2D eigenvalue weighted by molar-refractivity contribution is 6.30. The summed E-state index contributed by atoms with van der Waals surface area (Å²) in [5, 5.41) is 4.83. The molecule has 4 nitrogen and oxygen atoms in total. The first-order valence-electron chi connectivity index (χ1n) is 4.81. The second kappa shape index (κ2) is 4.45. The number of Topliss-reactive ketones (excluding diaryl/α,β-unsaturated/α-hetero) is 1. The maximum atomic E-state index is 10.9. The average Bonchev–Trinajstić information content (AvgIpc) is 2.65. The van der Waals surface area contributed by atoms with Crippen LogP contribution in [0.25, 0.3) is 5.69 Å². The van der Waals surface area contributed by atoms with Gasteiger partial charge < -0.3 is 0 Å². The Morgan fingerprint density at radius 1 is 1.50 bits per heavy atom. The van der Waals surface area contributed by atoms with Crippen LogP contribution in [-0.2, 0) is 11.2 Å². The van der Waals surface area contributed by atoms with E-state index in [4.69, 9.17) is 11.6 Å². The third-order valence-electron chi connectivity index (χ3n) is 2.02. The van der Waals surface area contributed by atoms with Crippen molar-refractivity contribution in [2.24, 2.45) is 0 Å². The lowest BCUT2D eigenvalue weighted by Gasteiger charge is -1.99. The van der Waals surface area contributed by atoms with Crippen LogP contribution in [0.4, 0.5) is 0 Å². The lowest BCUT2D eigenvalue weighted by atomic mass is 10.3. The standard InChI is InChI=1S/C11H10ClN3O/c1-8(16)5-11-13-7-15(14-11)10-4-2-3-9(12)6-10/h2-4,6-7H,5H2,1H3. The van der Waals surface area contributed by atoms with Crippen molar-refractivity contribution >= 4 is 17.4 Å². The smallest absolute Gasteiger partial charge is 0.158 e. The number of benzene rings is 1. The number of halogens is 1. The molecule has 2 rings (SSSR count). The Bertz CT molecular complexity index is 521. The quantitative estimate of drug-likeness (QED) is 0.818. The van der Waals surface area contributed by atoms with Gasteiger partial charge in [-0.1, -0.05) is 17.7 Å². The molecule has 1 aromatic carbocycles. The SMILES string of the molecule is CC(=O)Cc1ncn(-c2cccc(Cl)c2)n1. The molecule has 1 heterocycles. The highest BCUT2D eigenvalue weighted by Gasteiger charge is 2.05. The minimum Gasteiger partial charge on any atom is -0.300 e. The molecule has 0 saturated carbocycles. The van der Waals surface area contributed by atoms with E-state index in [2.05, 4.69) is 10.1 Å². The molecule has 0 fully saturated rings. The third kappa shape index (κ3) is 2.46. The lowest BCUT2D eigenvalue weighted by Crippen LogP contribution is -2.00. The van der Waals surface area contributed by atoms with Crippen molar-refractivity contribution in [2.75, 3.05) is 0 Å². The number of hydrogen-bond acceptors (Lipinski definition) is 3. The third-order valence-corrected chi connectivity index (χ3v) is 2.25. The van der Waals surface area contributed by atoms with Gasteiger partial charge in [0.1, 0.15) is 12.1 Å². The molecule has 16 heavy (non-hydrogen) atoms. The summed E-state index contributed by atoms with van der Waals surface area (Å²) in [5.74, 6) is 0.566. The van der Waals surface area contributed by atoms with E-state index in [0.29, 0.717) is 10.8 Å². The van der Waals surface area contributed by atoms with Crippen LogP contribution in [0.15, 0.2) is 30.6 Å². The highest BCUT2D eigenvalue weighted by atomic mass is 35.5. The van der Waals surface area contributed by atoms with E-state index in [1.54, 1.807) is 23.1 Å². The average molecular weight is 236 g/mol. The summed E-state index contributed by atoms with van der Waals surface area (Å²) in [4.78, 5) is 15.0. The molecule has 82 valence electrons. The van der Waals surface area contributed by atoms with Crippen LogP contribution in [-0.4, -0.2) is 20.5 Å². The summed E-state index contributed by atoms with van der Waals surface area (Å²) < 4.78 is 1.60. The van der Waals surface area contributed by atoms with E-state index < -0.39 is 0 Å². The molecule has 0 spiro atoms. The van der Waals surface area contributed by atoms with Crippen LogP contribution < -0.4 is 0 Å². The molecule has 1 aromatic heterocycles. The van der Waals surface area contributed by atoms with Crippen LogP contribution in [0.1, 0.15) is 12.7 Å². The van der Waals surface area contributed by atoms with Crippen molar-refractivity contribution < 1.29 is 4.79 Å². The summed E-state index contributed by atoms with van der Waals surface area (Å²) in [7, 11) is 0. The zero-order valence-electron chi connectivity index (χ0n) is 8.72. The van der Waals surface area contributed by atoms with Crippen molar-refractivity contribution in [3.8, 4) is 5.69 Å². The van der Waals surface area contributed by atoms with Gasteiger partial charge in [-0.2, -0.15) is 5.10 Å². The summed E-state index contributed by atoms with van der Waals surface area (Å²) in [6, 6.07) is 7.29. The van der Waals surface area contributed by atoms with Crippen LogP contribution in [0.2, 0.25) is 5.02 Å². The van der Waals surface area contributed by atoms with Crippen LogP contribution in [0, 0.1) is 0 Å². The predicted octanol–water partition coefficient (Wildman–Crippen LogP) is 2.05. The largest absolute Gasteiger partial charge is 0.300 e. The minimum atomic E-state index is 0.0452. The first-order chi connectivity index (χ1) is 7.65. The number of carbonyl (C=O) groups is 1. The van der Waals surface area contributed by atoms with Crippen molar-refractivity contribution in [1.82, 2.24) is 14.8 Å². The molecule has 0 bridgehead atoms. The molecule has 0 aliphatic rings. The predicted molar refractivity (Wildman–Crippen MR) is 60.8 cm³/mol. The summed E-state index contributed by atoms with van der Waals surface area (Å²) in [5.41, 5.74) is 0.829. The second-order valence-electron chi connectivity index (χ2n) is 3.46. The first-order valence-corrected chi connectivity index (χ1v) is 5.19. The van der Waals surface area contributed by atoms with Gasteiger partial charge in [0.25, 0.3) is 0 Å². The van der Waals surface area contributed by atoms with Gasteiger partial charge in [-0.3, -0.25) is 4.79 Å². The van der Waals surface area contributed by atoms with E-state index in [9.17, 15) is 4.79 Å². The van der Waals surface area contributed by atoms with E-state index in [1.165, 1.54) is 6.92 Å². The fraction of sp³-hybridized carbons (Fsp3) is 0.182. The highest BCUT2D eigenvalue weighted by Crippen LogP contribution is 2.13. The van der Waals surface area contributed by atoms with Crippen LogP contribution >= 0.6 is 11.6 Å². The molecule has 2 aromatic rings. The van der Waals surface area contributed by atoms with Gasteiger partial charge >= 0.3 is 0 Å². The number of hydrogen-bond donors (Lipinski definition) is 0. The van der Waals surface area contributed by atoms with Crippen molar-refractivity contribution in [3.63, 3.8) is 0 Å². The molecular weight excluding hydrogens is 226 g/mol. The molecule has 5 heteroatoms. The van der Waals surface area contributed by atoms with Gasteiger partial charge in [0, 0.05) is 5.02 Å². The number of carbonyl (C=O) groups excluding carboxylic acids is 1. The number of rotatable bonds is 3. The minimum absolute atomic E-state index is 0.0452. The summed E-state index contributed by atoms with van der Waals surface area (Å²) in [6.45, 7) is 1.51. The van der Waals surface area contributed by atoms with Crippen molar-refractivity contribution in [3.05, 3.63) is 41.4 Å². The van der Waals surface area contributed by atoms with Gasteiger partial charge in [-0.25, -0.2) is 9.67 Å². The lowest BCUT2D eigenvalue weighted by molar-refractivity contribution is -0.116. The Morgan fingerprint density at radius 2 is 2.31 bits per heavy atom. The maximum absolute atomic E-state index is 10.9. The van der Waals surface area contributed by atoms with E-state index in [0.717, 1.165) is 5.69 Å². The molecular formula is C11H10ClN3O. The van der Waals surface area contributed by atoms with E-state index >= 15 is 0 Å². The Morgan fingerprint density at radius 3 is 3.00 bits per heavy atom. The monoisotopic (exact) mass is 235 g/mol. The number of nitrogens with zero attached hydrogens (tertiary/aromatic N) is 3. The van der Waals surface area contributed by atoms with Crippen LogP contribution in [0.5, 0.6) is 0 Å². The summed E-state index contributed by atoms with van der Waals surface area (Å²) in [6.07, 6.45) is 1.83. The fourth-order valence-electron chi connectivity index (χ4n) is 1.34. The zero-order chi connectivity index (χ0) is 11.5. The zero-order valence-corrected chi connectivity index (χ0v) is 9.48. The topological polar surface area (TPSA) is 47.8 Å². The van der Waals surface area contributed by atoms with E-state index in [1.807, 2.05) is 12.1 Å².